The molecule has 35 heavy (non-hydrogen) atoms. The molecule has 186 valence electrons. The molecular weight excluding hydrogens is 509 g/mol. The van der Waals surface area contributed by atoms with Crippen molar-refractivity contribution in [3.63, 3.8) is 0 Å². The van der Waals surface area contributed by atoms with Gasteiger partial charge in [0.2, 0.25) is 9.84 Å². The summed E-state index contributed by atoms with van der Waals surface area (Å²) in [5.74, 6) is -0.598. The second-order valence-electron chi connectivity index (χ2n) is 7.89. The Bertz CT molecular complexity index is 1260. The quantitative estimate of drug-likeness (QED) is 0.257. The van der Waals surface area contributed by atoms with Gasteiger partial charge in [0.05, 0.1) is 33.1 Å². The number of carbonyl (C=O) groups is 1. The molecule has 0 saturated heterocycles. The summed E-state index contributed by atoms with van der Waals surface area (Å²) in [6.07, 6.45) is 0.929. The minimum atomic E-state index is -3.79. The molecule has 0 aliphatic rings. The lowest BCUT2D eigenvalue weighted by atomic mass is 10.1. The van der Waals surface area contributed by atoms with Crippen LogP contribution in [0.15, 0.2) is 76.5 Å². The highest BCUT2D eigenvalue weighted by molar-refractivity contribution is 7.91. The first-order chi connectivity index (χ1) is 16.7. The number of nitrogens with one attached hydrogen (secondary N) is 1. The van der Waals surface area contributed by atoms with Gasteiger partial charge in [0, 0.05) is 11.6 Å². The second kappa shape index (κ2) is 12.5. The van der Waals surface area contributed by atoms with Gasteiger partial charge in [-0.2, -0.15) is 0 Å². The van der Waals surface area contributed by atoms with Gasteiger partial charge in [-0.15, -0.1) is 0 Å². The van der Waals surface area contributed by atoms with E-state index in [9.17, 15) is 18.3 Å². The molecule has 3 aromatic carbocycles. The molecule has 0 fully saturated rings. The lowest BCUT2D eigenvalue weighted by molar-refractivity contribution is 0.0526. The van der Waals surface area contributed by atoms with Crippen LogP contribution in [-0.2, 0) is 21.0 Å². The molecule has 6 nitrogen and oxygen atoms in total. The molecule has 3 aromatic rings. The topological polar surface area (TPSA) is 92.7 Å². The number of ether oxygens (including phenoxy) is 1. The van der Waals surface area contributed by atoms with Crippen LogP contribution in [0.3, 0.4) is 0 Å². The minimum Gasteiger partial charge on any atom is -0.462 e. The Morgan fingerprint density at radius 3 is 2.40 bits per heavy atom. The summed E-state index contributed by atoms with van der Waals surface area (Å²) in [5.41, 5.74) is 1.88. The van der Waals surface area contributed by atoms with Crippen LogP contribution in [0.4, 0.5) is 0 Å². The van der Waals surface area contributed by atoms with Crippen LogP contribution in [0, 0.1) is 0 Å². The first kappa shape index (κ1) is 27.2. The van der Waals surface area contributed by atoms with Crippen molar-refractivity contribution < 1.29 is 23.1 Å². The number of halogens is 2. The molecule has 0 aliphatic heterocycles. The maximum absolute atomic E-state index is 13.0. The average Bonchev–Trinajstić information content (AvgIpc) is 2.84. The number of aliphatic hydroxyl groups is 1. The molecule has 0 heterocycles. The van der Waals surface area contributed by atoms with E-state index in [0.717, 1.165) is 24.0 Å². The molecule has 0 unspecified atom stereocenters. The molecule has 0 radical (unpaired) electrons. The van der Waals surface area contributed by atoms with Crippen LogP contribution in [0.2, 0.25) is 10.0 Å². The van der Waals surface area contributed by atoms with Gasteiger partial charge in [-0.3, -0.25) is 0 Å². The summed E-state index contributed by atoms with van der Waals surface area (Å²) >= 11 is 12.1. The van der Waals surface area contributed by atoms with Gasteiger partial charge in [-0.25, -0.2) is 13.2 Å². The number of aliphatic hydroxyl groups excluding tert-OH is 1. The fraction of sp³-hybridized carbons (Fsp3) is 0.269. The third-order valence-corrected chi connectivity index (χ3v) is 7.69. The van der Waals surface area contributed by atoms with E-state index in [1.54, 1.807) is 49.4 Å². The molecule has 0 spiro atoms. The lowest BCUT2D eigenvalue weighted by Crippen LogP contribution is -2.22. The Hall–Kier alpha value is -2.42. The molecular formula is C26H27Cl2NO5S. The first-order valence-corrected chi connectivity index (χ1v) is 13.4. The molecule has 0 saturated carbocycles. The van der Waals surface area contributed by atoms with E-state index in [-0.39, 0.29) is 27.0 Å². The summed E-state index contributed by atoms with van der Waals surface area (Å²) in [6.45, 7) is 2.98. The fourth-order valence-electron chi connectivity index (χ4n) is 3.50. The summed E-state index contributed by atoms with van der Waals surface area (Å²) in [5, 5.41) is 14.1. The molecule has 0 amide bonds. The van der Waals surface area contributed by atoms with Crippen molar-refractivity contribution in [2.24, 2.45) is 0 Å². The van der Waals surface area contributed by atoms with Gasteiger partial charge < -0.3 is 15.2 Å². The smallest absolute Gasteiger partial charge is 0.339 e. The molecule has 0 aliphatic carbocycles. The van der Waals surface area contributed by atoms with E-state index in [0.29, 0.717) is 18.1 Å². The number of benzene rings is 3. The number of sulfone groups is 1. The van der Waals surface area contributed by atoms with Crippen LogP contribution in [0.1, 0.15) is 40.9 Å². The maximum atomic E-state index is 13.0. The summed E-state index contributed by atoms with van der Waals surface area (Å²) < 4.78 is 30.9. The molecule has 3 rings (SSSR count). The minimum absolute atomic E-state index is 0.00533. The molecule has 0 bridgehead atoms. The molecule has 2 N–H and O–H groups in total. The van der Waals surface area contributed by atoms with Crippen LogP contribution >= 0.6 is 23.2 Å². The van der Waals surface area contributed by atoms with Gasteiger partial charge in [0.15, 0.2) is 0 Å². The van der Waals surface area contributed by atoms with Crippen molar-refractivity contribution in [1.82, 2.24) is 5.32 Å². The number of hydrogen-bond donors (Lipinski definition) is 2. The second-order valence-corrected chi connectivity index (χ2v) is 10.7. The van der Waals surface area contributed by atoms with Crippen molar-refractivity contribution in [2.75, 3.05) is 19.7 Å². The highest BCUT2D eigenvalue weighted by Crippen LogP contribution is 2.27. The number of rotatable bonds is 11. The van der Waals surface area contributed by atoms with Crippen LogP contribution in [0.5, 0.6) is 0 Å². The van der Waals surface area contributed by atoms with Gasteiger partial charge in [0.1, 0.15) is 0 Å². The highest BCUT2D eigenvalue weighted by atomic mass is 35.5. The number of aryl methyl sites for hydroxylation is 1. The maximum Gasteiger partial charge on any atom is 0.339 e. The van der Waals surface area contributed by atoms with Gasteiger partial charge >= 0.3 is 5.97 Å². The van der Waals surface area contributed by atoms with E-state index in [1.807, 2.05) is 6.07 Å². The van der Waals surface area contributed by atoms with Gasteiger partial charge in [-0.05, 0) is 79.9 Å². The van der Waals surface area contributed by atoms with Crippen molar-refractivity contribution in [3.05, 3.63) is 93.5 Å². The lowest BCUT2D eigenvalue weighted by Gasteiger charge is -2.12. The van der Waals surface area contributed by atoms with E-state index >= 15 is 0 Å². The van der Waals surface area contributed by atoms with Crippen molar-refractivity contribution in [3.8, 4) is 0 Å². The zero-order valence-electron chi connectivity index (χ0n) is 19.2. The SMILES string of the molecule is CCOC(=O)c1ccc(S(=O)(=O)c2ccc(CCCNC[C@H](O)c3cccc(Cl)c3)cc2)cc1Cl. The Morgan fingerprint density at radius 2 is 1.74 bits per heavy atom. The highest BCUT2D eigenvalue weighted by Gasteiger charge is 2.21. The average molecular weight is 536 g/mol. The number of carbonyl (C=O) groups excluding carboxylic acids is 1. The van der Waals surface area contributed by atoms with E-state index in [4.69, 9.17) is 27.9 Å². The third kappa shape index (κ3) is 7.29. The zero-order valence-corrected chi connectivity index (χ0v) is 21.5. The van der Waals surface area contributed by atoms with Crippen LogP contribution < -0.4 is 5.32 Å². The first-order valence-electron chi connectivity index (χ1n) is 11.2. The van der Waals surface area contributed by atoms with Crippen molar-refractivity contribution >= 4 is 39.0 Å². The number of esters is 1. The summed E-state index contributed by atoms with van der Waals surface area (Å²) in [4.78, 5) is 12.0. The largest absolute Gasteiger partial charge is 0.462 e. The predicted molar refractivity (Wildman–Crippen MR) is 137 cm³/mol. The van der Waals surface area contributed by atoms with E-state index < -0.39 is 21.9 Å². The zero-order chi connectivity index (χ0) is 25.4. The molecule has 0 aromatic heterocycles. The normalized spacial score (nSPS) is 12.3. The molecule has 1 atom stereocenters. The Kier molecular flexibility index (Phi) is 9.71. The van der Waals surface area contributed by atoms with E-state index in [2.05, 4.69) is 5.32 Å². The number of hydrogen-bond acceptors (Lipinski definition) is 6. The van der Waals surface area contributed by atoms with Crippen molar-refractivity contribution in [2.45, 2.75) is 35.7 Å². The summed E-state index contributed by atoms with van der Waals surface area (Å²) in [6, 6.07) is 17.8. The van der Waals surface area contributed by atoms with Gasteiger partial charge in [0.25, 0.3) is 0 Å². The standard InChI is InChI=1S/C26H27Cl2NO5S/c1-2-34-26(31)23-13-12-22(16-24(23)28)35(32,33)21-10-8-18(9-11-21)5-4-14-29-17-25(30)19-6-3-7-20(27)15-19/h3,6-13,15-16,25,29-30H,2,4-5,14,17H2,1H3/t25-/m0/s1. The Morgan fingerprint density at radius 1 is 1.03 bits per heavy atom. The fourth-order valence-corrected chi connectivity index (χ4v) is 5.30. The van der Waals surface area contributed by atoms with Crippen molar-refractivity contribution in [1.29, 1.82) is 0 Å². The predicted octanol–water partition coefficient (Wildman–Crippen LogP) is 5.26. The van der Waals surface area contributed by atoms with Gasteiger partial charge in [-0.1, -0.05) is 47.5 Å². The van der Waals surface area contributed by atoms with Crippen LogP contribution in [0.25, 0.3) is 0 Å². The van der Waals surface area contributed by atoms with E-state index in [1.165, 1.54) is 18.2 Å². The molecule has 9 heteroatoms. The summed E-state index contributed by atoms with van der Waals surface area (Å²) in [7, 11) is -3.79. The Labute approximate surface area is 215 Å². The Balaban J connectivity index is 1.53. The monoisotopic (exact) mass is 535 g/mol. The third-order valence-electron chi connectivity index (χ3n) is 5.37. The van der Waals surface area contributed by atoms with Crippen LogP contribution in [-0.4, -0.2) is 39.2 Å².